The molecular formula is C17H21ClN2O4S. The van der Waals surface area contributed by atoms with E-state index in [2.05, 4.69) is 4.72 Å². The third-order valence-corrected chi connectivity index (χ3v) is 6.04. The molecule has 0 spiro atoms. The second-order valence-corrected chi connectivity index (χ2v) is 7.75. The molecule has 0 saturated heterocycles. The lowest BCUT2D eigenvalue weighted by Crippen LogP contribution is -2.18. The van der Waals surface area contributed by atoms with Gasteiger partial charge in [-0.05, 0) is 45.4 Å². The van der Waals surface area contributed by atoms with Gasteiger partial charge in [0.1, 0.15) is 10.5 Å². The van der Waals surface area contributed by atoms with Gasteiger partial charge in [-0.2, -0.15) is 0 Å². The molecule has 0 amide bonds. The third kappa shape index (κ3) is 3.67. The summed E-state index contributed by atoms with van der Waals surface area (Å²) in [6.45, 7) is 6.98. The fourth-order valence-corrected chi connectivity index (χ4v) is 4.30. The van der Waals surface area contributed by atoms with Crippen LogP contribution < -0.4 is 4.72 Å². The van der Waals surface area contributed by atoms with E-state index in [1.54, 1.807) is 44.5 Å². The molecule has 0 aliphatic heterocycles. The quantitative estimate of drug-likeness (QED) is 0.799. The summed E-state index contributed by atoms with van der Waals surface area (Å²) < 4.78 is 35.1. The molecule has 0 bridgehead atoms. The molecular weight excluding hydrogens is 364 g/mol. The van der Waals surface area contributed by atoms with Gasteiger partial charge in [0.15, 0.2) is 0 Å². The summed E-state index contributed by atoms with van der Waals surface area (Å²) in [6, 6.07) is 4.87. The van der Waals surface area contributed by atoms with Crippen LogP contribution in [-0.2, 0) is 21.8 Å². The number of nitrogens with one attached hydrogen (secondary N) is 1. The van der Waals surface area contributed by atoms with Crippen LogP contribution in [0.15, 0.2) is 23.1 Å². The summed E-state index contributed by atoms with van der Waals surface area (Å²) >= 11 is 6.06. The molecule has 2 aromatic rings. The molecule has 0 aliphatic rings. The molecule has 1 heterocycles. The molecule has 25 heavy (non-hydrogen) atoms. The largest absolute Gasteiger partial charge is 0.462 e. The lowest BCUT2D eigenvalue weighted by atomic mass is 10.2. The molecule has 6 nitrogen and oxygen atoms in total. The number of ether oxygens (including phenoxy) is 1. The fraction of sp³-hybridized carbons (Fsp3) is 0.353. The SMILES string of the molecule is CCOC(=O)c1c(S(=O)(=O)Nc2ccc(C)c(Cl)c2)c(C)n(C)c1C. The topological polar surface area (TPSA) is 77.4 Å². The van der Waals surface area contributed by atoms with Crippen LogP contribution in [-0.4, -0.2) is 25.6 Å². The number of hydrogen-bond donors (Lipinski definition) is 1. The van der Waals surface area contributed by atoms with Gasteiger partial charge in [0, 0.05) is 23.5 Å². The highest BCUT2D eigenvalue weighted by atomic mass is 35.5. The number of aryl methyl sites for hydroxylation is 1. The van der Waals surface area contributed by atoms with Crippen molar-refractivity contribution in [1.29, 1.82) is 0 Å². The molecule has 0 radical (unpaired) electrons. The van der Waals surface area contributed by atoms with E-state index >= 15 is 0 Å². The summed E-state index contributed by atoms with van der Waals surface area (Å²) in [4.78, 5) is 12.2. The first-order valence-corrected chi connectivity index (χ1v) is 9.58. The number of hydrogen-bond acceptors (Lipinski definition) is 4. The normalized spacial score (nSPS) is 11.4. The maximum absolute atomic E-state index is 12.9. The molecule has 0 atom stereocenters. The standard InChI is InChI=1S/C17H21ClN2O4S/c1-6-24-17(21)15-11(3)20(5)12(4)16(15)25(22,23)19-13-8-7-10(2)14(18)9-13/h7-9,19H,6H2,1-5H3. The number of carbonyl (C=O) groups excluding carboxylic acids is 1. The molecule has 0 saturated carbocycles. The van der Waals surface area contributed by atoms with E-state index in [0.717, 1.165) is 5.56 Å². The van der Waals surface area contributed by atoms with E-state index in [-0.39, 0.29) is 17.1 Å². The number of benzene rings is 1. The van der Waals surface area contributed by atoms with Gasteiger partial charge in [-0.1, -0.05) is 17.7 Å². The smallest absolute Gasteiger partial charge is 0.341 e. The van der Waals surface area contributed by atoms with Gasteiger partial charge in [-0.25, -0.2) is 13.2 Å². The number of aromatic nitrogens is 1. The van der Waals surface area contributed by atoms with Crippen molar-refractivity contribution in [2.24, 2.45) is 7.05 Å². The minimum Gasteiger partial charge on any atom is -0.462 e. The second kappa shape index (κ2) is 7.09. The Morgan fingerprint density at radius 3 is 2.44 bits per heavy atom. The Balaban J connectivity index is 2.57. The number of carbonyl (C=O) groups is 1. The number of sulfonamides is 1. The molecule has 1 aromatic heterocycles. The van der Waals surface area contributed by atoms with Gasteiger partial charge in [-0.3, -0.25) is 4.72 Å². The van der Waals surface area contributed by atoms with Crippen LogP contribution in [0.3, 0.4) is 0 Å². The monoisotopic (exact) mass is 384 g/mol. The average molecular weight is 385 g/mol. The van der Waals surface area contributed by atoms with E-state index in [1.165, 1.54) is 6.07 Å². The van der Waals surface area contributed by atoms with Crippen LogP contribution in [0.5, 0.6) is 0 Å². The van der Waals surface area contributed by atoms with Crippen LogP contribution in [0.25, 0.3) is 0 Å². The van der Waals surface area contributed by atoms with Crippen molar-refractivity contribution in [2.45, 2.75) is 32.6 Å². The lowest BCUT2D eigenvalue weighted by Gasteiger charge is -2.11. The number of nitrogens with zero attached hydrogens (tertiary/aromatic N) is 1. The maximum atomic E-state index is 12.9. The molecule has 0 aliphatic carbocycles. The second-order valence-electron chi connectivity index (χ2n) is 5.72. The van der Waals surface area contributed by atoms with E-state index in [9.17, 15) is 13.2 Å². The van der Waals surface area contributed by atoms with Gasteiger partial charge in [-0.15, -0.1) is 0 Å². The van der Waals surface area contributed by atoms with E-state index in [1.807, 2.05) is 6.92 Å². The Hall–Kier alpha value is -1.99. The Bertz CT molecular complexity index is 933. The number of anilines is 1. The zero-order chi connectivity index (χ0) is 18.9. The van der Waals surface area contributed by atoms with Crippen molar-refractivity contribution in [2.75, 3.05) is 11.3 Å². The number of rotatable bonds is 5. The number of esters is 1. The molecule has 8 heteroatoms. The van der Waals surface area contributed by atoms with Gasteiger partial charge in [0.25, 0.3) is 10.0 Å². The van der Waals surface area contributed by atoms with Gasteiger partial charge < -0.3 is 9.30 Å². The van der Waals surface area contributed by atoms with Crippen LogP contribution in [0.4, 0.5) is 5.69 Å². The van der Waals surface area contributed by atoms with Gasteiger partial charge in [0.2, 0.25) is 0 Å². The maximum Gasteiger partial charge on any atom is 0.341 e. The van der Waals surface area contributed by atoms with Crippen LogP contribution in [0.2, 0.25) is 5.02 Å². The third-order valence-electron chi connectivity index (χ3n) is 4.10. The minimum atomic E-state index is -4.00. The summed E-state index contributed by atoms with van der Waals surface area (Å²) in [5.41, 5.74) is 2.19. The predicted molar refractivity (Wildman–Crippen MR) is 97.8 cm³/mol. The zero-order valence-corrected chi connectivity index (χ0v) is 16.4. The molecule has 0 fully saturated rings. The van der Waals surface area contributed by atoms with Crippen molar-refractivity contribution >= 4 is 33.3 Å². The highest BCUT2D eigenvalue weighted by Gasteiger charge is 2.31. The highest BCUT2D eigenvalue weighted by molar-refractivity contribution is 7.92. The van der Waals surface area contributed by atoms with E-state index in [4.69, 9.17) is 16.3 Å². The van der Waals surface area contributed by atoms with Crippen LogP contribution in [0, 0.1) is 20.8 Å². The summed E-state index contributed by atoms with van der Waals surface area (Å²) in [6.07, 6.45) is 0. The average Bonchev–Trinajstić information content (AvgIpc) is 2.76. The number of halogens is 1. The van der Waals surface area contributed by atoms with Crippen molar-refractivity contribution < 1.29 is 17.9 Å². The van der Waals surface area contributed by atoms with Crippen LogP contribution >= 0.6 is 11.6 Å². The molecule has 136 valence electrons. The highest BCUT2D eigenvalue weighted by Crippen LogP contribution is 2.29. The summed E-state index contributed by atoms with van der Waals surface area (Å²) in [7, 11) is -2.30. The van der Waals surface area contributed by atoms with Crippen molar-refractivity contribution in [3.05, 3.63) is 45.7 Å². The Morgan fingerprint density at radius 2 is 1.88 bits per heavy atom. The molecule has 1 N–H and O–H groups in total. The molecule has 1 aromatic carbocycles. The predicted octanol–water partition coefficient (Wildman–Crippen LogP) is 3.58. The fourth-order valence-electron chi connectivity index (χ4n) is 2.55. The van der Waals surface area contributed by atoms with E-state index in [0.29, 0.717) is 22.1 Å². The first-order valence-electron chi connectivity index (χ1n) is 7.72. The summed E-state index contributed by atoms with van der Waals surface area (Å²) in [5, 5.41) is 0.451. The zero-order valence-electron chi connectivity index (χ0n) is 14.8. The minimum absolute atomic E-state index is 0.0487. The van der Waals surface area contributed by atoms with Gasteiger partial charge >= 0.3 is 5.97 Å². The Labute approximate surface area is 152 Å². The van der Waals surface area contributed by atoms with Crippen molar-refractivity contribution in [3.8, 4) is 0 Å². The first kappa shape index (κ1) is 19.3. The van der Waals surface area contributed by atoms with Gasteiger partial charge in [0.05, 0.1) is 12.3 Å². The lowest BCUT2D eigenvalue weighted by molar-refractivity contribution is 0.0521. The molecule has 2 rings (SSSR count). The summed E-state index contributed by atoms with van der Waals surface area (Å²) in [5.74, 6) is -0.661. The molecule has 0 unspecified atom stereocenters. The first-order chi connectivity index (χ1) is 11.6. The van der Waals surface area contributed by atoms with Crippen LogP contribution in [0.1, 0.15) is 34.2 Å². The van der Waals surface area contributed by atoms with Crippen molar-refractivity contribution in [3.63, 3.8) is 0 Å². The Kier molecular flexibility index (Phi) is 5.49. The Morgan fingerprint density at radius 1 is 1.24 bits per heavy atom. The van der Waals surface area contributed by atoms with E-state index < -0.39 is 16.0 Å². The van der Waals surface area contributed by atoms with Crippen molar-refractivity contribution in [1.82, 2.24) is 4.57 Å².